The van der Waals surface area contributed by atoms with Gasteiger partial charge in [-0.3, -0.25) is 9.48 Å². The second-order valence-corrected chi connectivity index (χ2v) is 9.13. The third-order valence-electron chi connectivity index (χ3n) is 4.82. The average molecular weight is 627 g/mol. The van der Waals surface area contributed by atoms with E-state index in [1.54, 1.807) is 34.7 Å². The predicted octanol–water partition coefficient (Wildman–Crippen LogP) is 6.50. The van der Waals surface area contributed by atoms with Crippen LogP contribution in [0.3, 0.4) is 0 Å². The lowest BCUT2D eigenvalue weighted by atomic mass is 9.98. The first kappa shape index (κ1) is 25.2. The summed E-state index contributed by atoms with van der Waals surface area (Å²) in [6.45, 7) is 1.35. The molecule has 0 bridgehead atoms. The molecule has 0 saturated carbocycles. The van der Waals surface area contributed by atoms with Crippen LogP contribution in [-0.4, -0.2) is 25.9 Å². The molecular weight excluding hydrogens is 615 g/mol. The minimum Gasteiger partial charge on any atom is -0.462 e. The Morgan fingerprint density at radius 2 is 1.89 bits per heavy atom. The first-order valence-electron chi connectivity index (χ1n) is 9.56. The maximum absolute atomic E-state index is 13.6. The molecule has 3 heterocycles. The number of hydrogen-bond acceptors (Lipinski definition) is 6. The molecule has 3 aromatic heterocycles. The summed E-state index contributed by atoms with van der Waals surface area (Å²) in [7, 11) is 0. The number of benzene rings is 1. The molecule has 0 radical (unpaired) electrons. The predicted molar refractivity (Wildman–Crippen MR) is 121 cm³/mol. The van der Waals surface area contributed by atoms with Crippen LogP contribution in [0.15, 0.2) is 47.2 Å². The van der Waals surface area contributed by atoms with Crippen molar-refractivity contribution in [3.8, 4) is 10.8 Å². The summed E-state index contributed by atoms with van der Waals surface area (Å²) in [5, 5.41) is 14.8. The fraction of sp³-hybridized carbons (Fsp3) is 0.200. The number of aromatic nitrogens is 4. The number of carbonyl (C=O) groups excluding carboxylic acids is 1. The molecule has 0 fully saturated rings. The SMILES string of the molecule is CC(c1ccc(C(F)(F)F)cc1C(F)(F)F)n1cc(NC(=O)c2nnc(-c3ccco3)s2)c(I)n1. The van der Waals surface area contributed by atoms with Gasteiger partial charge in [0.05, 0.1) is 35.3 Å². The summed E-state index contributed by atoms with van der Waals surface area (Å²) in [4.78, 5) is 12.6. The molecule has 15 heteroatoms. The zero-order chi connectivity index (χ0) is 25.5. The third-order valence-corrected chi connectivity index (χ3v) is 6.55. The molecule has 0 spiro atoms. The maximum atomic E-state index is 13.6. The lowest BCUT2D eigenvalue weighted by Crippen LogP contribution is -2.18. The number of amides is 1. The van der Waals surface area contributed by atoms with Crippen LogP contribution in [0.25, 0.3) is 10.8 Å². The Morgan fingerprint density at radius 3 is 2.51 bits per heavy atom. The highest BCUT2D eigenvalue weighted by Crippen LogP contribution is 2.40. The van der Waals surface area contributed by atoms with Crippen molar-refractivity contribution >= 4 is 45.5 Å². The van der Waals surface area contributed by atoms with Crippen LogP contribution < -0.4 is 5.32 Å². The van der Waals surface area contributed by atoms with E-state index in [0.29, 0.717) is 16.8 Å². The second-order valence-electron chi connectivity index (χ2n) is 7.13. The van der Waals surface area contributed by atoms with Crippen molar-refractivity contribution in [2.75, 3.05) is 5.32 Å². The van der Waals surface area contributed by atoms with Gasteiger partial charge in [-0.2, -0.15) is 31.4 Å². The molecule has 0 aliphatic carbocycles. The standard InChI is InChI=1S/C20H12F6IN5O2S/c1-9(11-5-4-10(19(21,22)23)7-12(11)20(24,25)26)32-8-13(15(27)31-32)28-16(33)18-30-29-17(35-18)14-3-2-6-34-14/h2-9H,1H3,(H,28,33). The molecule has 184 valence electrons. The average Bonchev–Trinajstić information content (AvgIpc) is 3.53. The van der Waals surface area contributed by atoms with Gasteiger partial charge in [0.1, 0.15) is 3.70 Å². The first-order valence-corrected chi connectivity index (χ1v) is 11.5. The quantitative estimate of drug-likeness (QED) is 0.202. The Kier molecular flexibility index (Phi) is 6.65. The highest BCUT2D eigenvalue weighted by molar-refractivity contribution is 14.1. The Morgan fingerprint density at radius 1 is 1.14 bits per heavy atom. The molecule has 1 aromatic carbocycles. The first-order chi connectivity index (χ1) is 16.3. The van der Waals surface area contributed by atoms with Crippen LogP contribution >= 0.6 is 33.9 Å². The topological polar surface area (TPSA) is 85.8 Å². The van der Waals surface area contributed by atoms with Crippen LogP contribution in [0.2, 0.25) is 0 Å². The van der Waals surface area contributed by atoms with E-state index in [-0.39, 0.29) is 20.5 Å². The van der Waals surface area contributed by atoms with Gasteiger partial charge in [0.25, 0.3) is 5.91 Å². The number of rotatable bonds is 5. The van der Waals surface area contributed by atoms with E-state index >= 15 is 0 Å². The summed E-state index contributed by atoms with van der Waals surface area (Å²) in [5.74, 6) is -0.203. The van der Waals surface area contributed by atoms with Gasteiger partial charge in [-0.25, -0.2) is 0 Å². The summed E-state index contributed by atoms with van der Waals surface area (Å²) < 4.78 is 86.2. The zero-order valence-electron chi connectivity index (χ0n) is 17.3. The van der Waals surface area contributed by atoms with Crippen molar-refractivity contribution < 1.29 is 35.6 Å². The number of nitrogens with one attached hydrogen (secondary N) is 1. The van der Waals surface area contributed by atoms with Crippen LogP contribution in [0.1, 0.15) is 39.5 Å². The minimum absolute atomic E-state index is 0.00935. The summed E-state index contributed by atoms with van der Waals surface area (Å²) in [6, 6.07) is 3.64. The van der Waals surface area contributed by atoms with E-state index in [2.05, 4.69) is 20.6 Å². The van der Waals surface area contributed by atoms with Gasteiger partial charge in [0, 0.05) is 0 Å². The van der Waals surface area contributed by atoms with Crippen molar-refractivity contribution in [1.29, 1.82) is 0 Å². The van der Waals surface area contributed by atoms with Gasteiger partial charge in [-0.15, -0.1) is 10.2 Å². The van der Waals surface area contributed by atoms with Crippen molar-refractivity contribution in [3.05, 3.63) is 68.2 Å². The minimum atomic E-state index is -5.02. The van der Waals surface area contributed by atoms with Crippen molar-refractivity contribution in [1.82, 2.24) is 20.0 Å². The molecule has 1 amide bonds. The van der Waals surface area contributed by atoms with Crippen molar-refractivity contribution in [2.24, 2.45) is 0 Å². The molecule has 4 aromatic rings. The molecule has 1 unspecified atom stereocenters. The normalized spacial score (nSPS) is 13.1. The number of hydrogen-bond donors (Lipinski definition) is 1. The fourth-order valence-electron chi connectivity index (χ4n) is 3.13. The summed E-state index contributed by atoms with van der Waals surface area (Å²) in [5.41, 5.74) is -3.06. The van der Waals surface area contributed by atoms with E-state index in [4.69, 9.17) is 4.42 Å². The lowest BCUT2D eigenvalue weighted by Gasteiger charge is -2.20. The van der Waals surface area contributed by atoms with E-state index < -0.39 is 41.0 Å². The number of nitrogens with zero attached hydrogens (tertiary/aromatic N) is 4. The molecule has 1 N–H and O–H groups in total. The fourth-order valence-corrected chi connectivity index (χ4v) is 4.36. The maximum Gasteiger partial charge on any atom is 0.416 e. The van der Waals surface area contributed by atoms with E-state index in [0.717, 1.165) is 22.1 Å². The van der Waals surface area contributed by atoms with Gasteiger partial charge in [0.15, 0.2) is 10.8 Å². The van der Waals surface area contributed by atoms with Gasteiger partial charge >= 0.3 is 12.4 Å². The smallest absolute Gasteiger partial charge is 0.416 e. The van der Waals surface area contributed by atoms with Crippen LogP contribution in [-0.2, 0) is 12.4 Å². The molecular formula is C20H12F6IN5O2S. The van der Waals surface area contributed by atoms with Gasteiger partial charge < -0.3 is 9.73 Å². The van der Waals surface area contributed by atoms with Crippen LogP contribution in [0, 0.1) is 3.70 Å². The van der Waals surface area contributed by atoms with Crippen molar-refractivity contribution in [2.45, 2.75) is 25.3 Å². The number of carbonyl (C=O) groups is 1. The molecule has 0 aliphatic rings. The van der Waals surface area contributed by atoms with E-state index in [1.807, 2.05) is 0 Å². The number of alkyl halides is 6. The largest absolute Gasteiger partial charge is 0.462 e. The second kappa shape index (κ2) is 9.25. The monoisotopic (exact) mass is 627 g/mol. The highest BCUT2D eigenvalue weighted by Gasteiger charge is 2.39. The Bertz CT molecular complexity index is 1360. The van der Waals surface area contributed by atoms with E-state index in [1.165, 1.54) is 19.4 Å². The zero-order valence-corrected chi connectivity index (χ0v) is 20.3. The number of anilines is 1. The van der Waals surface area contributed by atoms with Crippen molar-refractivity contribution in [3.63, 3.8) is 0 Å². The van der Waals surface area contributed by atoms with Gasteiger partial charge in [0.2, 0.25) is 5.01 Å². The summed E-state index contributed by atoms with van der Waals surface area (Å²) >= 11 is 2.74. The van der Waals surface area contributed by atoms with Crippen LogP contribution in [0.5, 0.6) is 0 Å². The van der Waals surface area contributed by atoms with Crippen LogP contribution in [0.4, 0.5) is 32.0 Å². The van der Waals surface area contributed by atoms with Gasteiger partial charge in [-0.05, 0) is 59.3 Å². The Balaban J connectivity index is 1.59. The van der Waals surface area contributed by atoms with E-state index in [9.17, 15) is 31.1 Å². The molecule has 35 heavy (non-hydrogen) atoms. The Labute approximate surface area is 210 Å². The number of halogens is 7. The highest BCUT2D eigenvalue weighted by atomic mass is 127. The Hall–Kier alpha value is -2.95. The lowest BCUT2D eigenvalue weighted by molar-refractivity contribution is -0.143. The third kappa shape index (κ3) is 5.34. The number of furan rings is 1. The molecule has 0 saturated heterocycles. The summed E-state index contributed by atoms with van der Waals surface area (Å²) in [6.07, 6.45) is -7.22. The molecule has 4 rings (SSSR count). The van der Waals surface area contributed by atoms with Gasteiger partial charge in [-0.1, -0.05) is 17.4 Å². The molecule has 7 nitrogen and oxygen atoms in total. The molecule has 0 aliphatic heterocycles. The molecule has 1 atom stereocenters.